The fourth-order valence-corrected chi connectivity index (χ4v) is 3.13. The van der Waals surface area contributed by atoms with Crippen molar-refractivity contribution in [2.45, 2.75) is 31.6 Å². The second kappa shape index (κ2) is 11.0. The molecule has 1 aliphatic rings. The summed E-state index contributed by atoms with van der Waals surface area (Å²) in [6.07, 6.45) is 4.68. The van der Waals surface area contributed by atoms with Gasteiger partial charge in [-0.05, 0) is 36.8 Å². The summed E-state index contributed by atoms with van der Waals surface area (Å²) >= 11 is 0. The van der Waals surface area contributed by atoms with Crippen molar-refractivity contribution < 1.29 is 9.47 Å². The molecule has 0 saturated carbocycles. The Hall–Kier alpha value is -1.59. The van der Waals surface area contributed by atoms with Gasteiger partial charge in [0, 0.05) is 39.8 Å². The van der Waals surface area contributed by atoms with Gasteiger partial charge in [-0.25, -0.2) is 0 Å². The van der Waals surface area contributed by atoms with Gasteiger partial charge >= 0.3 is 0 Å². The van der Waals surface area contributed by atoms with Crippen molar-refractivity contribution in [2.75, 3.05) is 47.1 Å². The number of nitrogens with one attached hydrogen (secondary N) is 2. The average molecular weight is 333 g/mol. The molecule has 0 amide bonds. The molecule has 1 aromatic carbocycles. The molecule has 1 unspecified atom stereocenters. The van der Waals surface area contributed by atoms with E-state index in [0.29, 0.717) is 19.1 Å². The van der Waals surface area contributed by atoms with Gasteiger partial charge in [0.15, 0.2) is 5.96 Å². The van der Waals surface area contributed by atoms with Crippen molar-refractivity contribution in [3.05, 3.63) is 35.4 Å². The van der Waals surface area contributed by atoms with Crippen LogP contribution in [0.2, 0.25) is 0 Å². The number of fused-ring (bicyclic) bond motifs is 1. The van der Waals surface area contributed by atoms with Crippen LogP contribution in [-0.2, 0) is 15.9 Å². The third-order valence-electron chi connectivity index (χ3n) is 4.42. The molecule has 0 fully saturated rings. The first-order valence-corrected chi connectivity index (χ1v) is 8.94. The summed E-state index contributed by atoms with van der Waals surface area (Å²) in [6.45, 7) is 3.84. The molecule has 2 rings (SSSR count). The van der Waals surface area contributed by atoms with Crippen molar-refractivity contribution >= 4 is 5.96 Å². The van der Waals surface area contributed by atoms with Crippen LogP contribution in [0, 0.1) is 0 Å². The Morgan fingerprint density at radius 3 is 2.92 bits per heavy atom. The van der Waals surface area contributed by atoms with Gasteiger partial charge in [0.05, 0.1) is 13.2 Å². The van der Waals surface area contributed by atoms with E-state index < -0.39 is 0 Å². The molecular formula is C19H31N3O2. The molecule has 5 heteroatoms. The Labute approximate surface area is 145 Å². The molecule has 1 aliphatic carbocycles. The fraction of sp³-hybridized carbons (Fsp3) is 0.632. The number of aliphatic imine (C=N–C) groups is 1. The lowest BCUT2D eigenvalue weighted by atomic mass is 9.83. The predicted molar refractivity (Wildman–Crippen MR) is 98.8 cm³/mol. The summed E-state index contributed by atoms with van der Waals surface area (Å²) in [6, 6.07) is 8.82. The van der Waals surface area contributed by atoms with E-state index in [1.807, 2.05) is 7.05 Å². The lowest BCUT2D eigenvalue weighted by molar-refractivity contribution is 0.0698. The molecule has 1 atom stereocenters. The van der Waals surface area contributed by atoms with Gasteiger partial charge in [-0.3, -0.25) is 4.99 Å². The first-order valence-electron chi connectivity index (χ1n) is 8.94. The van der Waals surface area contributed by atoms with E-state index >= 15 is 0 Å². The average Bonchev–Trinajstić information content (AvgIpc) is 2.63. The zero-order chi connectivity index (χ0) is 17.0. The quantitative estimate of drug-likeness (QED) is 0.414. The maximum atomic E-state index is 5.46. The van der Waals surface area contributed by atoms with Crippen LogP contribution in [0.15, 0.2) is 29.3 Å². The minimum absolute atomic E-state index is 0.575. The Kier molecular flexibility index (Phi) is 8.63. The molecule has 0 heterocycles. The monoisotopic (exact) mass is 333 g/mol. The van der Waals surface area contributed by atoms with E-state index in [1.165, 1.54) is 30.4 Å². The number of aryl methyl sites for hydroxylation is 1. The maximum absolute atomic E-state index is 5.46. The van der Waals surface area contributed by atoms with E-state index in [1.54, 1.807) is 7.11 Å². The van der Waals surface area contributed by atoms with Crippen LogP contribution in [0.1, 0.15) is 36.3 Å². The molecule has 0 saturated heterocycles. The summed E-state index contributed by atoms with van der Waals surface area (Å²) < 4.78 is 10.4. The van der Waals surface area contributed by atoms with Crippen molar-refractivity contribution in [2.24, 2.45) is 4.99 Å². The lowest BCUT2D eigenvalue weighted by Gasteiger charge is -2.26. The Morgan fingerprint density at radius 1 is 1.21 bits per heavy atom. The molecule has 0 spiro atoms. The second-order valence-electron chi connectivity index (χ2n) is 6.13. The van der Waals surface area contributed by atoms with E-state index in [-0.39, 0.29) is 0 Å². The summed E-state index contributed by atoms with van der Waals surface area (Å²) in [4.78, 5) is 4.31. The van der Waals surface area contributed by atoms with Crippen molar-refractivity contribution in [3.63, 3.8) is 0 Å². The Balaban J connectivity index is 1.67. The third-order valence-corrected chi connectivity index (χ3v) is 4.42. The molecule has 134 valence electrons. The second-order valence-corrected chi connectivity index (χ2v) is 6.13. The summed E-state index contributed by atoms with van der Waals surface area (Å²) in [5.41, 5.74) is 3.00. The molecule has 0 aromatic heterocycles. The number of rotatable bonds is 9. The summed E-state index contributed by atoms with van der Waals surface area (Å²) in [5, 5.41) is 6.82. The lowest BCUT2D eigenvalue weighted by Crippen LogP contribution is -2.40. The topological polar surface area (TPSA) is 54.9 Å². The van der Waals surface area contributed by atoms with Crippen molar-refractivity contribution in [3.8, 4) is 0 Å². The van der Waals surface area contributed by atoms with Gasteiger partial charge in [-0.1, -0.05) is 24.3 Å². The molecule has 2 N–H and O–H groups in total. The van der Waals surface area contributed by atoms with Gasteiger partial charge in [0.2, 0.25) is 0 Å². The third kappa shape index (κ3) is 6.13. The van der Waals surface area contributed by atoms with Crippen molar-refractivity contribution in [1.82, 2.24) is 10.6 Å². The Morgan fingerprint density at radius 2 is 2.08 bits per heavy atom. The van der Waals surface area contributed by atoms with Crippen LogP contribution in [0.25, 0.3) is 0 Å². The van der Waals surface area contributed by atoms with Gasteiger partial charge in [0.25, 0.3) is 0 Å². The van der Waals surface area contributed by atoms with E-state index in [4.69, 9.17) is 9.47 Å². The highest BCUT2D eigenvalue weighted by Crippen LogP contribution is 2.30. The highest BCUT2D eigenvalue weighted by Gasteiger charge is 2.19. The van der Waals surface area contributed by atoms with Crippen LogP contribution in [0.3, 0.4) is 0 Å². The predicted octanol–water partition coefficient (Wildman–Crippen LogP) is 2.32. The number of methoxy groups -OCH3 is 1. The van der Waals surface area contributed by atoms with Crippen LogP contribution >= 0.6 is 0 Å². The van der Waals surface area contributed by atoms with Crippen LogP contribution in [-0.4, -0.2) is 53.0 Å². The normalized spacial score (nSPS) is 17.4. The summed E-state index contributed by atoms with van der Waals surface area (Å²) in [5.74, 6) is 1.45. The molecule has 0 radical (unpaired) electrons. The highest BCUT2D eigenvalue weighted by atomic mass is 16.5. The fourth-order valence-electron chi connectivity index (χ4n) is 3.13. The molecule has 0 aliphatic heterocycles. The highest BCUT2D eigenvalue weighted by molar-refractivity contribution is 5.79. The van der Waals surface area contributed by atoms with Gasteiger partial charge in [-0.2, -0.15) is 0 Å². The van der Waals surface area contributed by atoms with Crippen LogP contribution in [0.5, 0.6) is 0 Å². The number of guanidine groups is 1. The summed E-state index contributed by atoms with van der Waals surface area (Å²) in [7, 11) is 3.50. The minimum Gasteiger partial charge on any atom is -0.382 e. The number of benzene rings is 1. The van der Waals surface area contributed by atoms with Gasteiger partial charge in [-0.15, -0.1) is 0 Å². The van der Waals surface area contributed by atoms with E-state index in [9.17, 15) is 0 Å². The zero-order valence-corrected chi connectivity index (χ0v) is 15.0. The van der Waals surface area contributed by atoms with Crippen LogP contribution in [0.4, 0.5) is 0 Å². The molecule has 1 aromatic rings. The molecule has 24 heavy (non-hydrogen) atoms. The smallest absolute Gasteiger partial charge is 0.190 e. The molecule has 0 bridgehead atoms. The van der Waals surface area contributed by atoms with Gasteiger partial charge in [0.1, 0.15) is 0 Å². The van der Waals surface area contributed by atoms with Gasteiger partial charge < -0.3 is 20.1 Å². The number of hydrogen-bond acceptors (Lipinski definition) is 3. The minimum atomic E-state index is 0.575. The first kappa shape index (κ1) is 18.7. The SMILES string of the molecule is CN=C(NCCCOCCOC)NCC1CCCc2ccccc21. The van der Waals surface area contributed by atoms with Crippen LogP contribution < -0.4 is 10.6 Å². The maximum Gasteiger partial charge on any atom is 0.190 e. The molecule has 5 nitrogen and oxygen atoms in total. The number of ether oxygens (including phenoxy) is 2. The van der Waals surface area contributed by atoms with E-state index in [2.05, 4.69) is 39.9 Å². The standard InChI is InChI=1S/C19H31N3O2/c1-20-19(21-11-6-12-24-14-13-23-2)22-15-17-9-5-8-16-7-3-4-10-18(16)17/h3-4,7,10,17H,5-6,8-9,11-15H2,1-2H3,(H2,20,21,22). The first-order chi connectivity index (χ1) is 11.8. The molecular weight excluding hydrogens is 302 g/mol. The zero-order valence-electron chi connectivity index (χ0n) is 15.0. The van der Waals surface area contributed by atoms with E-state index in [0.717, 1.165) is 32.1 Å². The number of hydrogen-bond donors (Lipinski definition) is 2. The van der Waals surface area contributed by atoms with Crippen molar-refractivity contribution in [1.29, 1.82) is 0 Å². The largest absolute Gasteiger partial charge is 0.382 e. The number of nitrogens with zero attached hydrogens (tertiary/aromatic N) is 1. The Bertz CT molecular complexity index is 505.